The lowest BCUT2D eigenvalue weighted by molar-refractivity contribution is 0.00490. The Morgan fingerprint density at radius 3 is 2.33 bits per heavy atom. The number of nitrogens with one attached hydrogen (secondary N) is 2. The highest BCUT2D eigenvalue weighted by molar-refractivity contribution is 7.91. The monoisotopic (exact) mass is 632 g/mol. The molecule has 0 saturated carbocycles. The number of hydrogen-bond donors (Lipinski definition) is 2. The van der Waals surface area contributed by atoms with Gasteiger partial charge in [-0.25, -0.2) is 25.6 Å². The summed E-state index contributed by atoms with van der Waals surface area (Å²) in [5.74, 6) is 3.67. The molecule has 3 heterocycles. The first-order valence-electron chi connectivity index (χ1n) is 14.5. The Bertz CT molecular complexity index is 1720. The average molecular weight is 633 g/mol. The van der Waals surface area contributed by atoms with Crippen molar-refractivity contribution >= 4 is 42.0 Å². The third kappa shape index (κ3) is 8.08. The van der Waals surface area contributed by atoms with Crippen LogP contribution in [0, 0.1) is 11.8 Å². The van der Waals surface area contributed by atoms with E-state index in [4.69, 9.17) is 0 Å². The molecule has 0 spiro atoms. The molecule has 12 heteroatoms. The first kappa shape index (κ1) is 31.3. The summed E-state index contributed by atoms with van der Waals surface area (Å²) >= 11 is 0. The Kier molecular flexibility index (Phi) is 9.07. The van der Waals surface area contributed by atoms with Gasteiger partial charge in [-0.2, -0.15) is 0 Å². The van der Waals surface area contributed by atoms with E-state index in [-0.39, 0.29) is 29.0 Å². The predicted molar refractivity (Wildman–Crippen MR) is 167 cm³/mol. The Hall–Kier alpha value is -3.14. The summed E-state index contributed by atoms with van der Waals surface area (Å²) in [6.07, 6.45) is 4.38. The Balaban J connectivity index is 1.28. The first-order chi connectivity index (χ1) is 20.3. The number of rotatable bonds is 8. The summed E-state index contributed by atoms with van der Waals surface area (Å²) in [6.45, 7) is 2.43. The predicted octanol–water partition coefficient (Wildman–Crippen LogP) is 4.62. The summed E-state index contributed by atoms with van der Waals surface area (Å²) in [7, 11) is -6.17. The number of sulfone groups is 2. The molecule has 1 aromatic heterocycles. The largest absolute Gasteiger partial charge is 0.382 e. The molecule has 2 aromatic carbocycles. The van der Waals surface area contributed by atoms with Crippen molar-refractivity contribution < 1.29 is 25.6 Å². The van der Waals surface area contributed by atoms with Crippen molar-refractivity contribution in [1.82, 2.24) is 9.47 Å². The third-order valence-electron chi connectivity index (χ3n) is 8.19. The highest BCUT2D eigenvalue weighted by Gasteiger charge is 2.31. The van der Waals surface area contributed by atoms with E-state index in [1.54, 1.807) is 16.7 Å². The summed E-state index contributed by atoms with van der Waals surface area (Å²) in [4.78, 5) is 2.64. The van der Waals surface area contributed by atoms with Gasteiger partial charge >= 0.3 is 0 Å². The van der Waals surface area contributed by atoms with Gasteiger partial charge in [0.25, 0.3) is 5.92 Å². The molecule has 8 nitrogen and oxygen atoms in total. The van der Waals surface area contributed by atoms with Crippen LogP contribution < -0.4 is 10.6 Å². The van der Waals surface area contributed by atoms with Crippen LogP contribution in [0.5, 0.6) is 0 Å². The lowest BCUT2D eigenvalue weighted by Gasteiger charge is -2.39. The maximum absolute atomic E-state index is 14.2. The maximum atomic E-state index is 14.2. The van der Waals surface area contributed by atoms with Crippen LogP contribution in [-0.4, -0.2) is 81.7 Å². The zero-order valence-corrected chi connectivity index (χ0v) is 26.1. The van der Waals surface area contributed by atoms with Crippen molar-refractivity contribution in [2.45, 2.75) is 62.1 Å². The minimum absolute atomic E-state index is 0.220. The van der Waals surface area contributed by atoms with E-state index < -0.39 is 32.1 Å². The van der Waals surface area contributed by atoms with Gasteiger partial charge in [0.2, 0.25) is 0 Å². The second kappa shape index (κ2) is 12.5. The summed E-state index contributed by atoms with van der Waals surface area (Å²) in [5, 5.41) is 7.59. The topological polar surface area (TPSA) is 101 Å². The van der Waals surface area contributed by atoms with Crippen LogP contribution in [0.25, 0.3) is 10.9 Å². The van der Waals surface area contributed by atoms with E-state index in [2.05, 4.69) is 27.4 Å². The highest BCUT2D eigenvalue weighted by atomic mass is 32.2. The minimum Gasteiger partial charge on any atom is -0.382 e. The molecule has 2 N–H and O–H groups in total. The van der Waals surface area contributed by atoms with Gasteiger partial charge in [0.15, 0.2) is 9.84 Å². The van der Waals surface area contributed by atoms with E-state index in [1.165, 1.54) is 12.1 Å². The number of anilines is 2. The second-order valence-corrected chi connectivity index (χ2v) is 16.0. The molecule has 0 bridgehead atoms. The van der Waals surface area contributed by atoms with Gasteiger partial charge in [0.05, 0.1) is 40.7 Å². The second-order valence-electron chi connectivity index (χ2n) is 11.7. The Labute approximate surface area is 252 Å². The number of benzene rings is 2. The van der Waals surface area contributed by atoms with E-state index in [0.717, 1.165) is 50.2 Å². The molecule has 0 radical (unpaired) electrons. The molecule has 43 heavy (non-hydrogen) atoms. The Morgan fingerprint density at radius 1 is 1.02 bits per heavy atom. The number of alkyl halides is 2. The number of likely N-dealkylation sites (tertiary alicyclic amines) is 1. The van der Waals surface area contributed by atoms with Crippen molar-refractivity contribution in [3.8, 4) is 11.8 Å². The molecule has 2 aliphatic heterocycles. The fraction of sp³-hybridized carbons (Fsp3) is 0.484. The van der Waals surface area contributed by atoms with E-state index in [9.17, 15) is 25.6 Å². The van der Waals surface area contributed by atoms with Gasteiger partial charge in [-0.05, 0) is 74.1 Å². The number of fused-ring (bicyclic) bond motifs is 1. The van der Waals surface area contributed by atoms with E-state index in [1.807, 2.05) is 24.3 Å². The fourth-order valence-corrected chi connectivity index (χ4v) is 8.03. The van der Waals surface area contributed by atoms with Gasteiger partial charge in [-0.1, -0.05) is 12.0 Å². The highest BCUT2D eigenvalue weighted by Crippen LogP contribution is 2.31. The molecular weight excluding hydrogens is 594 g/mol. The lowest BCUT2D eigenvalue weighted by Crippen LogP contribution is -2.47. The van der Waals surface area contributed by atoms with Crippen molar-refractivity contribution in [1.29, 1.82) is 0 Å². The van der Waals surface area contributed by atoms with Crippen molar-refractivity contribution in [3.63, 3.8) is 0 Å². The van der Waals surface area contributed by atoms with E-state index in [0.29, 0.717) is 35.8 Å². The van der Waals surface area contributed by atoms with Crippen molar-refractivity contribution in [2.75, 3.05) is 48.0 Å². The van der Waals surface area contributed by atoms with Gasteiger partial charge < -0.3 is 20.1 Å². The lowest BCUT2D eigenvalue weighted by atomic mass is 10.00. The van der Waals surface area contributed by atoms with Crippen LogP contribution in [0.4, 0.5) is 20.2 Å². The zero-order chi connectivity index (χ0) is 30.8. The molecule has 3 aromatic rings. The van der Waals surface area contributed by atoms with Crippen molar-refractivity contribution in [2.24, 2.45) is 0 Å². The normalized spacial score (nSPS) is 18.7. The molecule has 232 valence electrons. The number of aromatic nitrogens is 1. The molecule has 0 aliphatic carbocycles. The number of piperidine rings is 1. The summed E-state index contributed by atoms with van der Waals surface area (Å²) in [5.41, 5.74) is 2.75. The fourth-order valence-electron chi connectivity index (χ4n) is 5.93. The molecular formula is C31H38F2N4O4S2. The van der Waals surface area contributed by atoms with Crippen LogP contribution >= 0.6 is 0 Å². The van der Waals surface area contributed by atoms with Crippen LogP contribution in [0.1, 0.15) is 38.3 Å². The maximum Gasteiger partial charge on any atom is 0.262 e. The average Bonchev–Trinajstić information content (AvgIpc) is 3.28. The number of nitrogens with zero attached hydrogens (tertiary/aromatic N) is 2. The first-order valence-corrected chi connectivity index (χ1v) is 18.2. The Morgan fingerprint density at radius 2 is 1.70 bits per heavy atom. The SMILES string of the molecule is CC(F)(F)Cn1c(C#CCNc2ccc(S(C)(=O)=O)cc2)cc2c(NC3CCN(C4CCS(=O)(=O)CC4)CC3)cccc21. The van der Waals surface area contributed by atoms with Crippen LogP contribution in [0.15, 0.2) is 53.4 Å². The number of hydrogen-bond acceptors (Lipinski definition) is 7. The summed E-state index contributed by atoms with van der Waals surface area (Å²) < 4.78 is 77.0. The van der Waals surface area contributed by atoms with Crippen LogP contribution in [0.3, 0.4) is 0 Å². The van der Waals surface area contributed by atoms with Crippen molar-refractivity contribution in [3.05, 3.63) is 54.2 Å². The molecule has 5 rings (SSSR count). The molecule has 0 atom stereocenters. The molecule has 2 saturated heterocycles. The number of halogens is 2. The smallest absolute Gasteiger partial charge is 0.262 e. The molecule has 2 aliphatic rings. The molecule has 0 unspecified atom stereocenters. The zero-order valence-electron chi connectivity index (χ0n) is 24.4. The van der Waals surface area contributed by atoms with Gasteiger partial charge in [-0.3, -0.25) is 0 Å². The standard InChI is InChI=1S/C31H38F2N4O4S2/c1-31(32,33)22-37-26(5-4-16-34-23-8-10-27(11-9-23)42(2,38)39)21-28-29(6-3-7-30(28)37)35-24-12-17-36(18-13-24)25-14-19-43(40,41)20-15-25/h3,6-11,21,24-25,34-35H,12-20,22H2,1-2H3. The van der Waals surface area contributed by atoms with Crippen LogP contribution in [0.2, 0.25) is 0 Å². The van der Waals surface area contributed by atoms with Gasteiger partial charge in [0.1, 0.15) is 9.84 Å². The molecule has 2 fully saturated rings. The summed E-state index contributed by atoms with van der Waals surface area (Å²) in [6, 6.07) is 14.4. The quantitative estimate of drug-likeness (QED) is 0.350. The van der Waals surface area contributed by atoms with Gasteiger partial charge in [0, 0.05) is 55.1 Å². The third-order valence-corrected chi connectivity index (χ3v) is 11.0. The van der Waals surface area contributed by atoms with E-state index >= 15 is 0 Å². The van der Waals surface area contributed by atoms with Gasteiger partial charge in [-0.15, -0.1) is 0 Å². The minimum atomic E-state index is -3.28. The van der Waals surface area contributed by atoms with Crippen LogP contribution in [-0.2, 0) is 26.2 Å². The molecule has 0 amide bonds.